The minimum absolute atomic E-state index is 0.0379. The van der Waals surface area contributed by atoms with Gasteiger partial charge in [0.2, 0.25) is 0 Å². The van der Waals surface area contributed by atoms with Gasteiger partial charge in [-0.15, -0.1) is 11.3 Å². The number of hydrogen-bond donors (Lipinski definition) is 2. The van der Waals surface area contributed by atoms with E-state index in [0.29, 0.717) is 5.13 Å². The number of carboxylic acid groups (broad SMARTS) is 1. The Bertz CT molecular complexity index is 586. The van der Waals surface area contributed by atoms with E-state index < -0.39 is 17.6 Å². The van der Waals surface area contributed by atoms with Gasteiger partial charge >= 0.3 is 5.97 Å². The molecule has 0 spiro atoms. The smallest absolute Gasteiger partial charge is 0.355 e. The first-order valence-corrected chi connectivity index (χ1v) is 5.81. The van der Waals surface area contributed by atoms with E-state index in [0.717, 1.165) is 29.5 Å². The lowest BCUT2D eigenvalue weighted by Gasteiger charge is -2.04. The molecule has 0 bridgehead atoms. The number of rotatable bonds is 4. The fraction of sp³-hybridized carbons (Fsp3) is 0.0909. The van der Waals surface area contributed by atoms with Crippen molar-refractivity contribution in [1.82, 2.24) is 4.98 Å². The molecule has 0 saturated heterocycles. The van der Waals surface area contributed by atoms with Crippen LogP contribution >= 0.6 is 11.3 Å². The molecule has 0 fully saturated rings. The molecule has 7 heteroatoms. The number of halogens is 2. The molecule has 0 atom stereocenters. The fourth-order valence-electron chi connectivity index (χ4n) is 1.30. The number of aromatic carboxylic acids is 1. The number of benzene rings is 1. The summed E-state index contributed by atoms with van der Waals surface area (Å²) in [7, 11) is 0. The molecule has 1 aromatic heterocycles. The minimum Gasteiger partial charge on any atom is -0.476 e. The predicted molar refractivity (Wildman–Crippen MR) is 62.8 cm³/mol. The van der Waals surface area contributed by atoms with Crippen molar-refractivity contribution in [2.45, 2.75) is 6.54 Å². The van der Waals surface area contributed by atoms with E-state index >= 15 is 0 Å². The molecule has 0 aliphatic heterocycles. The second-order valence-corrected chi connectivity index (χ2v) is 4.29. The molecule has 2 aromatic rings. The molecular weight excluding hydrogens is 262 g/mol. The highest BCUT2D eigenvalue weighted by Gasteiger charge is 2.09. The lowest BCUT2D eigenvalue weighted by Crippen LogP contribution is -2.03. The third-order valence-corrected chi connectivity index (χ3v) is 2.96. The Morgan fingerprint density at radius 1 is 1.44 bits per heavy atom. The molecule has 0 radical (unpaired) electrons. The first kappa shape index (κ1) is 12.4. The minimum atomic E-state index is -1.13. The average molecular weight is 270 g/mol. The Balaban J connectivity index is 2.06. The first-order chi connectivity index (χ1) is 8.56. The van der Waals surface area contributed by atoms with Crippen molar-refractivity contribution in [2.75, 3.05) is 5.32 Å². The zero-order valence-electron chi connectivity index (χ0n) is 8.98. The fourth-order valence-corrected chi connectivity index (χ4v) is 1.99. The number of nitrogens with zero attached hydrogens (tertiary/aromatic N) is 1. The molecule has 0 amide bonds. The highest BCUT2D eigenvalue weighted by molar-refractivity contribution is 7.13. The Hall–Kier alpha value is -2.02. The van der Waals surface area contributed by atoms with Crippen molar-refractivity contribution in [3.05, 3.63) is 46.5 Å². The zero-order valence-corrected chi connectivity index (χ0v) is 9.80. The number of thiazole rings is 1. The second kappa shape index (κ2) is 5.09. The van der Waals surface area contributed by atoms with Crippen molar-refractivity contribution >= 4 is 22.4 Å². The molecule has 94 valence electrons. The van der Waals surface area contributed by atoms with Crippen LogP contribution in [0.25, 0.3) is 0 Å². The lowest BCUT2D eigenvalue weighted by atomic mass is 10.2. The van der Waals surface area contributed by atoms with Crippen molar-refractivity contribution < 1.29 is 18.7 Å². The molecular formula is C11H8F2N2O2S. The van der Waals surface area contributed by atoms with Crippen LogP contribution in [0.3, 0.4) is 0 Å². The van der Waals surface area contributed by atoms with Gasteiger partial charge < -0.3 is 10.4 Å². The molecule has 18 heavy (non-hydrogen) atoms. The summed E-state index contributed by atoms with van der Waals surface area (Å²) in [6.45, 7) is 0.0379. The predicted octanol–water partition coefficient (Wildman–Crippen LogP) is 2.73. The maximum atomic E-state index is 13.3. The van der Waals surface area contributed by atoms with Crippen LogP contribution in [0.1, 0.15) is 16.1 Å². The summed E-state index contributed by atoms with van der Waals surface area (Å²) in [4.78, 5) is 14.4. The van der Waals surface area contributed by atoms with Crippen molar-refractivity contribution in [2.24, 2.45) is 0 Å². The molecule has 0 saturated carbocycles. The highest BCUT2D eigenvalue weighted by Crippen LogP contribution is 2.17. The van der Waals surface area contributed by atoms with Gasteiger partial charge in [0, 0.05) is 17.5 Å². The van der Waals surface area contributed by atoms with Crippen LogP contribution < -0.4 is 5.32 Å². The number of hydrogen-bond acceptors (Lipinski definition) is 4. The van der Waals surface area contributed by atoms with E-state index in [1.807, 2.05) is 0 Å². The SMILES string of the molecule is O=C(O)c1csc(NCc2cc(F)ccc2F)n1. The van der Waals surface area contributed by atoms with Gasteiger partial charge in [0.15, 0.2) is 10.8 Å². The number of carbonyl (C=O) groups is 1. The van der Waals surface area contributed by atoms with E-state index in [2.05, 4.69) is 10.3 Å². The van der Waals surface area contributed by atoms with E-state index in [9.17, 15) is 13.6 Å². The highest BCUT2D eigenvalue weighted by atomic mass is 32.1. The summed E-state index contributed by atoms with van der Waals surface area (Å²) >= 11 is 1.09. The van der Waals surface area contributed by atoms with Crippen molar-refractivity contribution in [3.63, 3.8) is 0 Å². The van der Waals surface area contributed by atoms with Gasteiger partial charge in [0.25, 0.3) is 0 Å². The number of nitrogens with one attached hydrogen (secondary N) is 1. The normalized spacial score (nSPS) is 10.3. The maximum Gasteiger partial charge on any atom is 0.355 e. The van der Waals surface area contributed by atoms with Gasteiger partial charge in [0.1, 0.15) is 11.6 Å². The summed E-state index contributed by atoms with van der Waals surface area (Å²) in [5, 5.41) is 13.1. The van der Waals surface area contributed by atoms with Crippen LogP contribution in [0.5, 0.6) is 0 Å². The molecule has 4 nitrogen and oxygen atoms in total. The van der Waals surface area contributed by atoms with Crippen LogP contribution in [0.15, 0.2) is 23.6 Å². The van der Waals surface area contributed by atoms with Gasteiger partial charge in [-0.3, -0.25) is 0 Å². The molecule has 1 heterocycles. The average Bonchev–Trinajstić information content (AvgIpc) is 2.79. The topological polar surface area (TPSA) is 62.2 Å². The Morgan fingerprint density at radius 3 is 2.89 bits per heavy atom. The molecule has 0 aliphatic rings. The summed E-state index contributed by atoms with van der Waals surface area (Å²) in [6.07, 6.45) is 0. The van der Waals surface area contributed by atoms with Crippen LogP contribution in [0, 0.1) is 11.6 Å². The summed E-state index contributed by atoms with van der Waals surface area (Å²) in [5.41, 5.74) is 0.0734. The summed E-state index contributed by atoms with van der Waals surface area (Å²) in [5.74, 6) is -2.19. The molecule has 2 rings (SSSR count). The monoisotopic (exact) mass is 270 g/mol. The van der Waals surface area contributed by atoms with Crippen molar-refractivity contribution in [3.8, 4) is 0 Å². The molecule has 0 aliphatic carbocycles. The van der Waals surface area contributed by atoms with E-state index in [4.69, 9.17) is 5.11 Å². The largest absolute Gasteiger partial charge is 0.476 e. The third kappa shape index (κ3) is 2.80. The standard InChI is InChI=1S/C11H8F2N2O2S/c12-7-1-2-8(13)6(3-7)4-14-11-15-9(5-18-11)10(16)17/h1-3,5H,4H2,(H,14,15)(H,16,17). The Labute approximate surface area is 105 Å². The van der Waals surface area contributed by atoms with E-state index in [-0.39, 0.29) is 17.8 Å². The second-order valence-electron chi connectivity index (χ2n) is 3.43. The van der Waals surface area contributed by atoms with Gasteiger partial charge in [-0.1, -0.05) is 0 Å². The molecule has 1 aromatic carbocycles. The van der Waals surface area contributed by atoms with Gasteiger partial charge in [-0.25, -0.2) is 18.6 Å². The Kier molecular flexibility index (Phi) is 3.52. The quantitative estimate of drug-likeness (QED) is 0.896. The third-order valence-electron chi connectivity index (χ3n) is 2.16. The zero-order chi connectivity index (χ0) is 13.1. The maximum absolute atomic E-state index is 13.3. The van der Waals surface area contributed by atoms with Crippen LogP contribution in [-0.2, 0) is 6.54 Å². The molecule has 2 N–H and O–H groups in total. The van der Waals surface area contributed by atoms with Crippen LogP contribution in [0.4, 0.5) is 13.9 Å². The first-order valence-electron chi connectivity index (χ1n) is 4.93. The van der Waals surface area contributed by atoms with Crippen LogP contribution in [0.2, 0.25) is 0 Å². The number of carboxylic acids is 1. The van der Waals surface area contributed by atoms with Crippen molar-refractivity contribution in [1.29, 1.82) is 0 Å². The number of anilines is 1. The lowest BCUT2D eigenvalue weighted by molar-refractivity contribution is 0.0691. The van der Waals surface area contributed by atoms with E-state index in [1.165, 1.54) is 5.38 Å². The number of aromatic nitrogens is 1. The summed E-state index contributed by atoms with van der Waals surface area (Å²) < 4.78 is 26.2. The Morgan fingerprint density at radius 2 is 2.22 bits per heavy atom. The van der Waals surface area contributed by atoms with Gasteiger partial charge in [-0.05, 0) is 18.2 Å². The molecule has 0 unspecified atom stereocenters. The van der Waals surface area contributed by atoms with Gasteiger partial charge in [0.05, 0.1) is 0 Å². The van der Waals surface area contributed by atoms with E-state index in [1.54, 1.807) is 0 Å². The van der Waals surface area contributed by atoms with Gasteiger partial charge in [-0.2, -0.15) is 0 Å². The summed E-state index contributed by atoms with van der Waals surface area (Å²) in [6, 6.07) is 3.15. The van der Waals surface area contributed by atoms with Crippen LogP contribution in [-0.4, -0.2) is 16.1 Å².